The van der Waals surface area contributed by atoms with Crippen molar-refractivity contribution < 1.29 is 9.53 Å². The number of carbonyl (C=O) groups is 1. The molecule has 0 bridgehead atoms. The number of aromatic nitrogens is 2. The number of carbonyl (C=O) groups excluding carboxylic acids is 1. The Morgan fingerprint density at radius 3 is 2.34 bits per heavy atom. The molecule has 0 unspecified atom stereocenters. The van der Waals surface area contributed by atoms with E-state index < -0.39 is 0 Å². The average molecular weight is 490 g/mol. The van der Waals surface area contributed by atoms with Crippen molar-refractivity contribution in [2.45, 2.75) is 28.8 Å². The molecule has 0 aliphatic carbocycles. The van der Waals surface area contributed by atoms with Crippen LogP contribution in [0.4, 0.5) is 0 Å². The molecular formula is C27H31N5O2S. The minimum absolute atomic E-state index is 0.0746. The van der Waals surface area contributed by atoms with Crippen LogP contribution in [-0.2, 0) is 0 Å². The van der Waals surface area contributed by atoms with E-state index in [1.54, 1.807) is 12.4 Å². The largest absolute Gasteiger partial charge is 0.437 e. The molecule has 2 fully saturated rings. The van der Waals surface area contributed by atoms with Gasteiger partial charge in [-0.1, -0.05) is 42.1 Å². The summed E-state index contributed by atoms with van der Waals surface area (Å²) in [5.74, 6) is 1.20. The van der Waals surface area contributed by atoms with E-state index in [-0.39, 0.29) is 5.91 Å². The fourth-order valence-electron chi connectivity index (χ4n) is 4.71. The summed E-state index contributed by atoms with van der Waals surface area (Å²) in [5, 5.41) is 0.628. The van der Waals surface area contributed by atoms with Gasteiger partial charge in [0.2, 0.25) is 0 Å². The van der Waals surface area contributed by atoms with Gasteiger partial charge in [0.05, 0.1) is 5.56 Å². The number of rotatable bonds is 6. The summed E-state index contributed by atoms with van der Waals surface area (Å²) in [6.45, 7) is 5.72. The maximum atomic E-state index is 13.5. The first-order valence-electron chi connectivity index (χ1n) is 12.2. The fourth-order valence-corrected chi connectivity index (χ4v) is 5.63. The van der Waals surface area contributed by atoms with Crippen molar-refractivity contribution in [2.75, 3.05) is 46.3 Å². The van der Waals surface area contributed by atoms with Crippen LogP contribution >= 0.6 is 11.8 Å². The maximum Gasteiger partial charge on any atom is 0.255 e. The Kier molecular flexibility index (Phi) is 7.61. The maximum absolute atomic E-state index is 13.5. The Bertz CT molecular complexity index is 1130. The summed E-state index contributed by atoms with van der Waals surface area (Å²) < 4.78 is 5.98. The molecule has 0 radical (unpaired) electrons. The molecule has 2 aliphatic heterocycles. The number of amides is 1. The molecule has 0 N–H and O–H groups in total. The van der Waals surface area contributed by atoms with Gasteiger partial charge in [-0.25, -0.2) is 9.97 Å². The number of nitrogens with zero attached hydrogens (tertiary/aromatic N) is 5. The van der Waals surface area contributed by atoms with Crippen LogP contribution in [0, 0.1) is 0 Å². The second-order valence-electron chi connectivity index (χ2n) is 9.04. The number of piperazine rings is 1. The molecule has 35 heavy (non-hydrogen) atoms. The van der Waals surface area contributed by atoms with Gasteiger partial charge in [0.1, 0.15) is 5.75 Å². The van der Waals surface area contributed by atoms with Gasteiger partial charge < -0.3 is 14.5 Å². The van der Waals surface area contributed by atoms with Crippen LogP contribution in [0.3, 0.4) is 0 Å². The van der Waals surface area contributed by atoms with Crippen molar-refractivity contribution in [3.05, 3.63) is 72.6 Å². The number of hydrogen-bond donors (Lipinski definition) is 0. The first-order valence-corrected chi connectivity index (χ1v) is 13.0. The highest BCUT2D eigenvalue weighted by Gasteiger charge is 2.29. The van der Waals surface area contributed by atoms with Crippen LogP contribution in [0.25, 0.3) is 0 Å². The highest BCUT2D eigenvalue weighted by molar-refractivity contribution is 7.99. The number of benzene rings is 2. The summed E-state index contributed by atoms with van der Waals surface area (Å²) in [6, 6.07) is 17.9. The van der Waals surface area contributed by atoms with Crippen molar-refractivity contribution >= 4 is 17.7 Å². The molecule has 5 rings (SSSR count). The quantitative estimate of drug-likeness (QED) is 0.512. The summed E-state index contributed by atoms with van der Waals surface area (Å²) in [5.41, 5.74) is 0.696. The molecular weight excluding hydrogens is 458 g/mol. The summed E-state index contributed by atoms with van der Waals surface area (Å²) >= 11 is 1.41. The molecule has 0 atom stereocenters. The van der Waals surface area contributed by atoms with E-state index in [2.05, 4.69) is 26.8 Å². The third-order valence-electron chi connectivity index (χ3n) is 6.72. The Balaban J connectivity index is 1.27. The van der Waals surface area contributed by atoms with E-state index in [1.807, 2.05) is 59.5 Å². The monoisotopic (exact) mass is 489 g/mol. The lowest BCUT2D eigenvalue weighted by Gasteiger charge is -2.42. The Labute approximate surface area is 211 Å². The SMILES string of the molecule is CN1CCC(N2CCN(C(=O)c3ccccc3Sc3nccnc3Oc3ccccc3)CC2)CC1. The lowest BCUT2D eigenvalue weighted by atomic mass is 10.0. The molecule has 7 nitrogen and oxygen atoms in total. The van der Waals surface area contributed by atoms with Crippen molar-refractivity contribution in [1.29, 1.82) is 0 Å². The molecule has 2 saturated heterocycles. The molecule has 0 spiro atoms. The third-order valence-corrected chi connectivity index (χ3v) is 7.77. The second-order valence-corrected chi connectivity index (χ2v) is 10.1. The highest BCUT2D eigenvalue weighted by Crippen LogP contribution is 2.36. The third kappa shape index (κ3) is 5.83. The van der Waals surface area contributed by atoms with Crippen LogP contribution < -0.4 is 4.74 Å². The van der Waals surface area contributed by atoms with Gasteiger partial charge >= 0.3 is 0 Å². The van der Waals surface area contributed by atoms with Gasteiger partial charge in [0, 0.05) is 49.5 Å². The van der Waals surface area contributed by atoms with Gasteiger partial charge in [-0.3, -0.25) is 9.69 Å². The number of piperidine rings is 1. The van der Waals surface area contributed by atoms with Crippen molar-refractivity contribution in [2.24, 2.45) is 0 Å². The predicted octanol–water partition coefficient (Wildman–Crippen LogP) is 4.27. The number of para-hydroxylation sites is 1. The van der Waals surface area contributed by atoms with E-state index in [1.165, 1.54) is 24.6 Å². The van der Waals surface area contributed by atoms with Gasteiger partial charge in [-0.15, -0.1) is 0 Å². The smallest absolute Gasteiger partial charge is 0.255 e. The van der Waals surface area contributed by atoms with Gasteiger partial charge in [-0.2, -0.15) is 0 Å². The van der Waals surface area contributed by atoms with E-state index in [0.717, 1.165) is 44.2 Å². The lowest BCUT2D eigenvalue weighted by Crippen LogP contribution is -2.54. The summed E-state index contributed by atoms with van der Waals surface area (Å²) in [4.78, 5) is 30.2. The fraction of sp³-hybridized carbons (Fsp3) is 0.370. The predicted molar refractivity (Wildman–Crippen MR) is 137 cm³/mol. The van der Waals surface area contributed by atoms with E-state index in [0.29, 0.717) is 28.3 Å². The van der Waals surface area contributed by atoms with Crippen LogP contribution in [0.2, 0.25) is 0 Å². The van der Waals surface area contributed by atoms with Crippen LogP contribution in [0.15, 0.2) is 76.9 Å². The molecule has 1 aromatic heterocycles. The molecule has 3 aromatic rings. The second kappa shape index (κ2) is 11.2. The molecule has 1 amide bonds. The Hall–Kier alpha value is -2.94. The summed E-state index contributed by atoms with van der Waals surface area (Å²) in [7, 11) is 2.19. The zero-order valence-electron chi connectivity index (χ0n) is 20.0. The van der Waals surface area contributed by atoms with Crippen LogP contribution in [0.1, 0.15) is 23.2 Å². The van der Waals surface area contributed by atoms with E-state index in [9.17, 15) is 4.79 Å². The van der Waals surface area contributed by atoms with Crippen LogP contribution in [0.5, 0.6) is 11.6 Å². The van der Waals surface area contributed by atoms with Crippen LogP contribution in [-0.4, -0.2) is 82.9 Å². The standard InChI is InChI=1S/C27H31N5O2S/c1-30-15-11-21(12-16-30)31-17-19-32(20-18-31)27(33)23-9-5-6-10-24(23)35-26-25(28-13-14-29-26)34-22-7-3-2-4-8-22/h2-10,13-14,21H,11-12,15-20H2,1H3. The minimum Gasteiger partial charge on any atom is -0.437 e. The molecule has 8 heteroatoms. The minimum atomic E-state index is 0.0746. The molecule has 0 saturated carbocycles. The Morgan fingerprint density at radius 1 is 0.886 bits per heavy atom. The molecule has 2 aliphatic rings. The topological polar surface area (TPSA) is 61.8 Å². The number of hydrogen-bond acceptors (Lipinski definition) is 7. The van der Waals surface area contributed by atoms with E-state index >= 15 is 0 Å². The van der Waals surface area contributed by atoms with Crippen molar-refractivity contribution in [3.8, 4) is 11.6 Å². The van der Waals surface area contributed by atoms with Gasteiger partial charge in [-0.05, 0) is 57.2 Å². The Morgan fingerprint density at radius 2 is 1.57 bits per heavy atom. The highest BCUT2D eigenvalue weighted by atomic mass is 32.2. The zero-order chi connectivity index (χ0) is 24.0. The molecule has 182 valence electrons. The molecule has 2 aromatic carbocycles. The molecule has 3 heterocycles. The normalized spacial score (nSPS) is 17.9. The van der Waals surface area contributed by atoms with Gasteiger partial charge in [0.15, 0.2) is 5.03 Å². The lowest BCUT2D eigenvalue weighted by molar-refractivity contribution is 0.0472. The van der Waals surface area contributed by atoms with Crippen molar-refractivity contribution in [3.63, 3.8) is 0 Å². The first kappa shape index (κ1) is 23.8. The van der Waals surface area contributed by atoms with Gasteiger partial charge in [0.25, 0.3) is 11.8 Å². The number of likely N-dealkylation sites (tertiary alicyclic amines) is 1. The zero-order valence-corrected chi connectivity index (χ0v) is 20.9. The van der Waals surface area contributed by atoms with E-state index in [4.69, 9.17) is 4.74 Å². The summed E-state index contributed by atoms with van der Waals surface area (Å²) in [6.07, 6.45) is 5.70. The number of ether oxygens (including phenoxy) is 1. The first-order chi connectivity index (χ1) is 17.2. The van der Waals surface area contributed by atoms with Crippen molar-refractivity contribution in [1.82, 2.24) is 24.7 Å². The average Bonchev–Trinajstić information content (AvgIpc) is 2.91.